The maximum Gasteiger partial charge on any atom is 0.410 e. The molecule has 1 amide bonds. The molecule has 9 heteroatoms. The topological polar surface area (TPSA) is 92.6 Å². The molecular formula is C17H23Cl2N3O4. The highest BCUT2D eigenvalue weighted by Gasteiger charge is 2.46. The van der Waals surface area contributed by atoms with Crippen molar-refractivity contribution in [2.75, 3.05) is 13.1 Å². The normalized spacial score (nSPS) is 20.3. The van der Waals surface area contributed by atoms with Crippen molar-refractivity contribution in [3.63, 3.8) is 0 Å². The number of carbonyl (C=O) groups is 2. The van der Waals surface area contributed by atoms with E-state index in [1.54, 1.807) is 27.7 Å². The number of likely N-dealkylation sites (tertiary alicyclic amines) is 1. The number of ether oxygens (including phenoxy) is 1. The minimum Gasteiger partial charge on any atom is -0.481 e. The summed E-state index contributed by atoms with van der Waals surface area (Å²) in [5.41, 5.74) is -0.381. The fraction of sp³-hybridized carbons (Fsp3) is 0.647. The molecule has 0 aromatic carbocycles. The van der Waals surface area contributed by atoms with Crippen LogP contribution in [0.25, 0.3) is 0 Å². The van der Waals surface area contributed by atoms with Crippen molar-refractivity contribution in [1.29, 1.82) is 0 Å². The molecule has 1 aliphatic rings. The van der Waals surface area contributed by atoms with E-state index in [1.807, 2.05) is 0 Å². The third kappa shape index (κ3) is 4.76. The van der Waals surface area contributed by atoms with Gasteiger partial charge < -0.3 is 14.7 Å². The Morgan fingerprint density at radius 1 is 1.31 bits per heavy atom. The molecule has 26 heavy (non-hydrogen) atoms. The van der Waals surface area contributed by atoms with Gasteiger partial charge in [-0.3, -0.25) is 4.79 Å². The fourth-order valence-corrected chi connectivity index (χ4v) is 3.58. The first-order valence-electron chi connectivity index (χ1n) is 8.33. The molecular weight excluding hydrogens is 381 g/mol. The number of aliphatic carboxylic acids is 1. The summed E-state index contributed by atoms with van der Waals surface area (Å²) in [5.74, 6) is -0.938. The summed E-state index contributed by atoms with van der Waals surface area (Å²) in [5, 5.41) is 10.1. The number of halogens is 2. The summed E-state index contributed by atoms with van der Waals surface area (Å²) in [6, 6.07) is 0. The van der Waals surface area contributed by atoms with Gasteiger partial charge in [-0.25, -0.2) is 14.8 Å². The van der Waals surface area contributed by atoms with E-state index < -0.39 is 23.1 Å². The Balaban J connectivity index is 2.13. The van der Waals surface area contributed by atoms with Crippen molar-refractivity contribution < 1.29 is 19.4 Å². The average molecular weight is 404 g/mol. The maximum atomic E-state index is 12.2. The van der Waals surface area contributed by atoms with Crippen LogP contribution in [0.4, 0.5) is 4.79 Å². The number of rotatable bonds is 4. The van der Waals surface area contributed by atoms with Gasteiger partial charge >= 0.3 is 12.1 Å². The van der Waals surface area contributed by atoms with Gasteiger partial charge in [-0.2, -0.15) is 0 Å². The van der Waals surface area contributed by atoms with E-state index in [4.69, 9.17) is 27.9 Å². The summed E-state index contributed by atoms with van der Waals surface area (Å²) in [6.07, 6.45) is 0.556. The van der Waals surface area contributed by atoms with Crippen LogP contribution in [0.15, 0.2) is 0 Å². The lowest BCUT2D eigenvalue weighted by Gasteiger charge is -2.27. The molecule has 1 unspecified atom stereocenters. The van der Waals surface area contributed by atoms with Gasteiger partial charge in [0.05, 0.1) is 5.41 Å². The molecule has 1 aromatic heterocycles. The molecule has 1 saturated heterocycles. The maximum absolute atomic E-state index is 12.2. The van der Waals surface area contributed by atoms with Gasteiger partial charge in [-0.05, 0) is 58.6 Å². The lowest BCUT2D eigenvalue weighted by atomic mass is 9.81. The molecule has 2 heterocycles. The van der Waals surface area contributed by atoms with Gasteiger partial charge in [0, 0.05) is 24.3 Å². The standard InChI is InChI=1S/C17H23Cl2N3O4/c1-10-11(12(18)21-14(19)20-10)5-6-17(13(23)24)7-8-22(9-17)15(25)26-16(2,3)4/h5-9H2,1-4H3,(H,23,24). The smallest absolute Gasteiger partial charge is 0.410 e. The fourth-order valence-electron chi connectivity index (χ4n) is 3.02. The Hall–Kier alpha value is -1.60. The Morgan fingerprint density at radius 3 is 2.50 bits per heavy atom. The van der Waals surface area contributed by atoms with Gasteiger partial charge in [0.25, 0.3) is 0 Å². The Labute approximate surface area is 162 Å². The number of carboxylic acids is 1. The number of aryl methyl sites for hydroxylation is 1. The molecule has 0 bridgehead atoms. The predicted octanol–water partition coefficient (Wildman–Crippen LogP) is 3.74. The molecule has 1 fully saturated rings. The number of hydrogen-bond acceptors (Lipinski definition) is 5. The number of carboxylic acid groups (broad SMARTS) is 1. The highest BCUT2D eigenvalue weighted by Crippen LogP contribution is 2.37. The van der Waals surface area contributed by atoms with E-state index in [0.29, 0.717) is 37.1 Å². The lowest BCUT2D eigenvalue weighted by molar-refractivity contribution is -0.148. The predicted molar refractivity (Wildman–Crippen MR) is 97.6 cm³/mol. The number of amides is 1. The van der Waals surface area contributed by atoms with Crippen molar-refractivity contribution in [3.05, 3.63) is 21.7 Å². The largest absolute Gasteiger partial charge is 0.481 e. The first-order chi connectivity index (χ1) is 11.9. The van der Waals surface area contributed by atoms with Crippen LogP contribution in [0.3, 0.4) is 0 Å². The molecule has 1 N–H and O–H groups in total. The molecule has 1 aliphatic heterocycles. The zero-order valence-corrected chi connectivity index (χ0v) is 16.8. The zero-order valence-electron chi connectivity index (χ0n) is 15.3. The minimum atomic E-state index is -1.05. The first-order valence-corrected chi connectivity index (χ1v) is 9.09. The van der Waals surface area contributed by atoms with Crippen LogP contribution < -0.4 is 0 Å². The monoisotopic (exact) mass is 403 g/mol. The Morgan fingerprint density at radius 2 is 1.96 bits per heavy atom. The van der Waals surface area contributed by atoms with Gasteiger partial charge in [-0.1, -0.05) is 11.6 Å². The SMILES string of the molecule is Cc1nc(Cl)nc(Cl)c1CCC1(C(=O)O)CCN(C(=O)OC(C)(C)C)C1. The first kappa shape index (κ1) is 20.7. The molecule has 1 atom stereocenters. The van der Waals surface area contributed by atoms with Crippen LogP contribution in [0, 0.1) is 12.3 Å². The van der Waals surface area contributed by atoms with Gasteiger partial charge in [0.15, 0.2) is 0 Å². The second-order valence-corrected chi connectivity index (χ2v) is 8.28. The highest BCUT2D eigenvalue weighted by atomic mass is 35.5. The molecule has 0 aliphatic carbocycles. The second-order valence-electron chi connectivity index (χ2n) is 7.58. The quantitative estimate of drug-likeness (QED) is 0.607. The number of nitrogens with zero attached hydrogens (tertiary/aromatic N) is 3. The second kappa shape index (κ2) is 7.56. The number of carbonyl (C=O) groups excluding carboxylic acids is 1. The van der Waals surface area contributed by atoms with Crippen molar-refractivity contribution >= 4 is 35.3 Å². The van der Waals surface area contributed by atoms with Crippen LogP contribution in [-0.4, -0.2) is 50.7 Å². The molecule has 144 valence electrons. The van der Waals surface area contributed by atoms with E-state index >= 15 is 0 Å². The Kier molecular flexibility index (Phi) is 6.02. The van der Waals surface area contributed by atoms with E-state index in [-0.39, 0.29) is 17.0 Å². The van der Waals surface area contributed by atoms with Gasteiger partial charge in [0.2, 0.25) is 5.28 Å². The summed E-state index contributed by atoms with van der Waals surface area (Å²) < 4.78 is 5.35. The molecule has 0 spiro atoms. The third-order valence-corrected chi connectivity index (χ3v) is 4.93. The van der Waals surface area contributed by atoms with Crippen LogP contribution in [-0.2, 0) is 16.0 Å². The molecule has 0 saturated carbocycles. The zero-order chi connectivity index (χ0) is 19.7. The summed E-state index contributed by atoms with van der Waals surface area (Å²) in [7, 11) is 0. The minimum absolute atomic E-state index is 0.0566. The van der Waals surface area contributed by atoms with E-state index in [0.717, 1.165) is 0 Å². The lowest BCUT2D eigenvalue weighted by Crippen LogP contribution is -2.39. The van der Waals surface area contributed by atoms with Crippen molar-refractivity contribution in [1.82, 2.24) is 14.9 Å². The summed E-state index contributed by atoms with van der Waals surface area (Å²) >= 11 is 11.9. The highest BCUT2D eigenvalue weighted by molar-refractivity contribution is 6.32. The third-order valence-electron chi connectivity index (χ3n) is 4.45. The van der Waals surface area contributed by atoms with Crippen molar-refractivity contribution in [2.24, 2.45) is 5.41 Å². The summed E-state index contributed by atoms with van der Waals surface area (Å²) in [6.45, 7) is 7.52. The van der Waals surface area contributed by atoms with Crippen molar-refractivity contribution in [2.45, 2.75) is 52.6 Å². The van der Waals surface area contributed by atoms with Crippen LogP contribution in [0.1, 0.15) is 44.9 Å². The average Bonchev–Trinajstić information content (AvgIpc) is 2.90. The molecule has 7 nitrogen and oxygen atoms in total. The van der Waals surface area contributed by atoms with E-state index in [1.165, 1.54) is 4.90 Å². The Bertz CT molecular complexity index is 697. The number of hydrogen-bond donors (Lipinski definition) is 1. The molecule has 0 radical (unpaired) electrons. The van der Waals surface area contributed by atoms with E-state index in [2.05, 4.69) is 9.97 Å². The van der Waals surface area contributed by atoms with E-state index in [9.17, 15) is 14.7 Å². The number of aromatic nitrogens is 2. The van der Waals surface area contributed by atoms with Crippen LogP contribution >= 0.6 is 23.2 Å². The van der Waals surface area contributed by atoms with Crippen LogP contribution in [0.5, 0.6) is 0 Å². The molecule has 2 rings (SSSR count). The van der Waals surface area contributed by atoms with Crippen molar-refractivity contribution in [3.8, 4) is 0 Å². The summed E-state index contributed by atoms with van der Waals surface area (Å²) in [4.78, 5) is 33.6. The molecule has 1 aromatic rings. The van der Waals surface area contributed by atoms with Gasteiger partial charge in [0.1, 0.15) is 10.8 Å². The van der Waals surface area contributed by atoms with Gasteiger partial charge in [-0.15, -0.1) is 0 Å². The van der Waals surface area contributed by atoms with Crippen LogP contribution in [0.2, 0.25) is 10.4 Å².